The number of carbonyl (C=O) groups excluding carboxylic acids is 1. The van der Waals surface area contributed by atoms with Crippen molar-refractivity contribution in [3.05, 3.63) is 46.4 Å². The quantitative estimate of drug-likeness (QED) is 0.745. The van der Waals surface area contributed by atoms with Gasteiger partial charge in [-0.1, -0.05) is 22.9 Å². The van der Waals surface area contributed by atoms with Gasteiger partial charge in [-0.15, -0.1) is 11.8 Å². The van der Waals surface area contributed by atoms with E-state index in [2.05, 4.69) is 20.7 Å². The van der Waals surface area contributed by atoms with Crippen LogP contribution in [-0.4, -0.2) is 26.1 Å². The fourth-order valence-electron chi connectivity index (χ4n) is 2.80. The van der Waals surface area contributed by atoms with Gasteiger partial charge in [-0.2, -0.15) is 0 Å². The minimum Gasteiger partial charge on any atom is -0.310 e. The molecule has 1 aliphatic heterocycles. The van der Waals surface area contributed by atoms with Crippen LogP contribution in [-0.2, 0) is 14.8 Å². The molecule has 0 aliphatic carbocycles. The Morgan fingerprint density at radius 3 is 2.65 bits per heavy atom. The largest absolute Gasteiger partial charge is 0.310 e. The van der Waals surface area contributed by atoms with E-state index in [1.807, 2.05) is 13.8 Å². The summed E-state index contributed by atoms with van der Waals surface area (Å²) in [5.41, 5.74) is 2.08. The molecule has 0 saturated carbocycles. The summed E-state index contributed by atoms with van der Waals surface area (Å²) in [6, 6.07) is 10.2. The van der Waals surface area contributed by atoms with Crippen molar-refractivity contribution in [3.8, 4) is 0 Å². The van der Waals surface area contributed by atoms with Gasteiger partial charge in [-0.25, -0.2) is 8.42 Å². The van der Waals surface area contributed by atoms with Crippen LogP contribution in [0.5, 0.6) is 0 Å². The number of thioether (sulfide) groups is 1. The van der Waals surface area contributed by atoms with E-state index in [-0.39, 0.29) is 16.1 Å². The summed E-state index contributed by atoms with van der Waals surface area (Å²) < 4.78 is 29.1. The van der Waals surface area contributed by atoms with Gasteiger partial charge in [0.15, 0.2) is 0 Å². The van der Waals surface area contributed by atoms with Gasteiger partial charge in [-0.3, -0.25) is 9.52 Å². The molecular formula is C18H19BrN2O3S2. The van der Waals surface area contributed by atoms with Crippen molar-refractivity contribution in [2.75, 3.05) is 16.2 Å². The summed E-state index contributed by atoms with van der Waals surface area (Å²) in [6.45, 7) is 6.00. The maximum atomic E-state index is 12.8. The van der Waals surface area contributed by atoms with Crippen LogP contribution in [0.15, 0.2) is 50.7 Å². The Hall–Kier alpha value is -1.51. The maximum Gasteiger partial charge on any atom is 0.261 e. The molecule has 8 heteroatoms. The molecular weight excluding hydrogens is 436 g/mol. The minimum absolute atomic E-state index is 0.0931. The van der Waals surface area contributed by atoms with E-state index in [0.29, 0.717) is 17.9 Å². The van der Waals surface area contributed by atoms with Crippen molar-refractivity contribution in [2.24, 2.45) is 0 Å². The van der Waals surface area contributed by atoms with E-state index in [0.717, 1.165) is 14.9 Å². The fourth-order valence-corrected chi connectivity index (χ4v) is 5.21. The molecule has 0 fully saturated rings. The molecule has 138 valence electrons. The molecule has 1 heterocycles. The number of rotatable bonds is 3. The summed E-state index contributed by atoms with van der Waals surface area (Å²) in [4.78, 5) is 14.7. The first kappa shape index (κ1) is 19.3. The number of benzene rings is 2. The Balaban J connectivity index is 1.97. The Morgan fingerprint density at radius 1 is 1.27 bits per heavy atom. The number of halogens is 1. The third-order valence-corrected chi connectivity index (χ3v) is 7.51. The van der Waals surface area contributed by atoms with Crippen molar-refractivity contribution in [1.29, 1.82) is 0 Å². The van der Waals surface area contributed by atoms with Crippen LogP contribution in [0.3, 0.4) is 0 Å². The Bertz CT molecular complexity index is 976. The van der Waals surface area contributed by atoms with Gasteiger partial charge in [0.05, 0.1) is 10.6 Å². The second kappa shape index (κ2) is 7.25. The Labute approximate surface area is 166 Å². The van der Waals surface area contributed by atoms with Gasteiger partial charge in [0, 0.05) is 33.8 Å². The number of carbonyl (C=O) groups is 1. The first-order chi connectivity index (χ1) is 12.2. The van der Waals surface area contributed by atoms with Crippen molar-refractivity contribution >= 4 is 55.0 Å². The average Bonchev–Trinajstić information content (AvgIpc) is 2.56. The van der Waals surface area contributed by atoms with Crippen molar-refractivity contribution in [3.63, 3.8) is 0 Å². The number of hydrogen-bond acceptors (Lipinski definition) is 4. The molecule has 0 bridgehead atoms. The van der Waals surface area contributed by atoms with Crippen LogP contribution in [0.2, 0.25) is 0 Å². The SMILES string of the molecule is CC(=O)N1C[C@@H](C)Sc2ccc(S(=O)(=O)Nc3ccc(Br)c(C)c3)cc21. The van der Waals surface area contributed by atoms with Gasteiger partial charge < -0.3 is 4.90 Å². The van der Waals surface area contributed by atoms with E-state index in [9.17, 15) is 13.2 Å². The highest BCUT2D eigenvalue weighted by molar-refractivity contribution is 9.10. The number of anilines is 2. The van der Waals surface area contributed by atoms with E-state index < -0.39 is 10.0 Å². The topological polar surface area (TPSA) is 66.5 Å². The maximum absolute atomic E-state index is 12.8. The number of sulfonamides is 1. The van der Waals surface area contributed by atoms with Gasteiger partial charge >= 0.3 is 0 Å². The summed E-state index contributed by atoms with van der Waals surface area (Å²) >= 11 is 5.05. The lowest BCUT2D eigenvalue weighted by Crippen LogP contribution is -2.37. The molecule has 2 aromatic carbocycles. The number of aryl methyl sites for hydroxylation is 1. The number of amides is 1. The molecule has 0 unspecified atom stereocenters. The van der Waals surface area contributed by atoms with Gasteiger partial charge in [0.25, 0.3) is 10.0 Å². The van der Waals surface area contributed by atoms with E-state index >= 15 is 0 Å². The first-order valence-corrected chi connectivity index (χ1v) is 11.2. The smallest absolute Gasteiger partial charge is 0.261 e. The number of nitrogens with one attached hydrogen (secondary N) is 1. The highest BCUT2D eigenvalue weighted by Gasteiger charge is 2.27. The minimum atomic E-state index is -3.75. The highest BCUT2D eigenvalue weighted by Crippen LogP contribution is 2.40. The Morgan fingerprint density at radius 2 is 2.00 bits per heavy atom. The number of nitrogens with zero attached hydrogens (tertiary/aromatic N) is 1. The molecule has 26 heavy (non-hydrogen) atoms. The summed E-state index contributed by atoms with van der Waals surface area (Å²) in [6.07, 6.45) is 0. The van der Waals surface area contributed by atoms with Crippen LogP contribution in [0.4, 0.5) is 11.4 Å². The van der Waals surface area contributed by atoms with Crippen LogP contribution >= 0.6 is 27.7 Å². The van der Waals surface area contributed by atoms with E-state index in [1.54, 1.807) is 53.1 Å². The molecule has 1 aliphatic rings. The normalized spacial score (nSPS) is 16.9. The molecule has 0 spiro atoms. The monoisotopic (exact) mass is 454 g/mol. The first-order valence-electron chi connectivity index (χ1n) is 8.05. The fraction of sp³-hybridized carbons (Fsp3) is 0.278. The second-order valence-corrected chi connectivity index (χ2v) is 10.3. The van der Waals surface area contributed by atoms with Crippen molar-refractivity contribution < 1.29 is 13.2 Å². The Kier molecular flexibility index (Phi) is 5.37. The lowest BCUT2D eigenvalue weighted by Gasteiger charge is -2.32. The summed E-state index contributed by atoms with van der Waals surface area (Å²) in [5.74, 6) is -0.0931. The van der Waals surface area contributed by atoms with Crippen LogP contribution in [0.1, 0.15) is 19.4 Å². The zero-order valence-corrected chi connectivity index (χ0v) is 17.8. The number of fused-ring (bicyclic) bond motifs is 1. The lowest BCUT2D eigenvalue weighted by molar-refractivity contribution is -0.116. The average molecular weight is 455 g/mol. The van der Waals surface area contributed by atoms with E-state index in [4.69, 9.17) is 0 Å². The predicted octanol–water partition coefficient (Wildman–Crippen LogP) is 4.41. The molecule has 3 rings (SSSR count). The molecule has 5 nitrogen and oxygen atoms in total. The third kappa shape index (κ3) is 3.92. The summed E-state index contributed by atoms with van der Waals surface area (Å²) in [5, 5.41) is 0.262. The third-order valence-electron chi connectivity index (χ3n) is 4.09. The molecule has 0 aromatic heterocycles. The van der Waals surface area contributed by atoms with Crippen LogP contribution in [0, 0.1) is 6.92 Å². The van der Waals surface area contributed by atoms with Gasteiger partial charge in [-0.05, 0) is 48.9 Å². The molecule has 1 N–H and O–H groups in total. The van der Waals surface area contributed by atoms with Gasteiger partial charge in [0.2, 0.25) is 5.91 Å². The molecule has 1 amide bonds. The molecule has 0 radical (unpaired) electrons. The van der Waals surface area contributed by atoms with Gasteiger partial charge in [0.1, 0.15) is 0 Å². The highest BCUT2D eigenvalue weighted by atomic mass is 79.9. The predicted molar refractivity (Wildman–Crippen MR) is 109 cm³/mol. The molecule has 2 aromatic rings. The van der Waals surface area contributed by atoms with Crippen LogP contribution in [0.25, 0.3) is 0 Å². The zero-order valence-electron chi connectivity index (χ0n) is 14.6. The number of hydrogen-bond donors (Lipinski definition) is 1. The second-order valence-electron chi connectivity index (χ2n) is 6.26. The van der Waals surface area contributed by atoms with Crippen molar-refractivity contribution in [1.82, 2.24) is 0 Å². The van der Waals surface area contributed by atoms with Crippen molar-refractivity contribution in [2.45, 2.75) is 35.8 Å². The molecule has 0 saturated heterocycles. The summed E-state index contributed by atoms with van der Waals surface area (Å²) in [7, 11) is -3.75. The standard InChI is InChI=1S/C18H19BrN2O3S2/c1-11-8-14(4-6-16(11)19)20-26(23,24)15-5-7-18-17(9-15)21(13(3)22)10-12(2)25-18/h4-9,12,20H,10H2,1-3H3/t12-/m1/s1. The van der Waals surface area contributed by atoms with Crippen LogP contribution < -0.4 is 9.62 Å². The lowest BCUT2D eigenvalue weighted by atomic mass is 10.2. The molecule has 1 atom stereocenters. The zero-order chi connectivity index (χ0) is 19.1. The van der Waals surface area contributed by atoms with E-state index in [1.165, 1.54) is 6.92 Å².